The molecular weight excluding hydrogens is 356 g/mol. The molecule has 0 saturated carbocycles. The van der Waals surface area contributed by atoms with Gasteiger partial charge in [-0.3, -0.25) is 4.57 Å². The Morgan fingerprint density at radius 2 is 2.04 bits per heavy atom. The molecule has 26 heavy (non-hydrogen) atoms. The molecule has 2 aromatic carbocycles. The van der Waals surface area contributed by atoms with Crippen LogP contribution in [0.5, 0.6) is 0 Å². The number of imidazole rings is 1. The number of benzene rings is 2. The molecule has 0 unspecified atom stereocenters. The van der Waals surface area contributed by atoms with Gasteiger partial charge in [-0.25, -0.2) is 22.9 Å². The van der Waals surface area contributed by atoms with Gasteiger partial charge in [0, 0.05) is 20.0 Å². The van der Waals surface area contributed by atoms with E-state index >= 15 is 0 Å². The summed E-state index contributed by atoms with van der Waals surface area (Å²) in [5.41, 5.74) is 2.53. The Kier molecular flexibility index (Phi) is 3.89. The van der Waals surface area contributed by atoms with Gasteiger partial charge in [0.15, 0.2) is 5.58 Å². The number of para-hydroxylation sites is 2. The quantitative estimate of drug-likeness (QED) is 0.552. The van der Waals surface area contributed by atoms with E-state index in [1.54, 1.807) is 0 Å². The first kappa shape index (κ1) is 16.6. The third kappa shape index (κ3) is 2.91. The molecule has 9 heteroatoms. The Labute approximate surface area is 148 Å². The van der Waals surface area contributed by atoms with Gasteiger partial charge in [0.05, 0.1) is 21.4 Å². The first-order valence-electron chi connectivity index (χ1n) is 7.97. The number of nitrogens with zero attached hydrogens (tertiary/aromatic N) is 2. The van der Waals surface area contributed by atoms with Gasteiger partial charge in [0.25, 0.3) is 0 Å². The highest BCUT2D eigenvalue weighted by atomic mass is 32.2. The van der Waals surface area contributed by atoms with Crippen LogP contribution in [0.15, 0.2) is 56.6 Å². The molecule has 0 radical (unpaired) electrons. The van der Waals surface area contributed by atoms with Gasteiger partial charge in [-0.1, -0.05) is 12.1 Å². The topological polar surface area (TPSA) is 110 Å². The van der Waals surface area contributed by atoms with Crippen LogP contribution in [0.25, 0.3) is 22.1 Å². The summed E-state index contributed by atoms with van der Waals surface area (Å²) in [5.74, 6) is 0.175. The molecule has 0 saturated heterocycles. The molecule has 4 rings (SSSR count). The summed E-state index contributed by atoms with van der Waals surface area (Å²) in [6.45, 7) is 0.199. The molecule has 134 valence electrons. The van der Waals surface area contributed by atoms with Crippen molar-refractivity contribution in [1.29, 1.82) is 0 Å². The summed E-state index contributed by atoms with van der Waals surface area (Å²) in [5, 5.41) is 0. The summed E-state index contributed by atoms with van der Waals surface area (Å²) in [6.07, 6.45) is 0.431. The lowest BCUT2D eigenvalue weighted by molar-refractivity contribution is 0.528. The molecule has 2 aromatic heterocycles. The number of rotatable bonds is 5. The fourth-order valence-electron chi connectivity index (χ4n) is 2.78. The van der Waals surface area contributed by atoms with Crippen molar-refractivity contribution in [2.24, 2.45) is 7.05 Å². The number of hydrogen-bond acceptors (Lipinski definition) is 5. The van der Waals surface area contributed by atoms with E-state index in [1.807, 2.05) is 24.3 Å². The number of nitrogens with one attached hydrogen (secondary N) is 2. The molecule has 0 aliphatic rings. The number of sulfonamides is 1. The Bertz CT molecular complexity index is 1230. The fourth-order valence-corrected chi connectivity index (χ4v) is 3.84. The minimum Gasteiger partial charge on any atom is -0.408 e. The van der Waals surface area contributed by atoms with E-state index in [1.165, 1.54) is 29.8 Å². The maximum absolute atomic E-state index is 12.5. The number of hydrogen-bond donors (Lipinski definition) is 2. The summed E-state index contributed by atoms with van der Waals surface area (Å²) in [4.78, 5) is 19.2. The van der Waals surface area contributed by atoms with E-state index in [9.17, 15) is 13.2 Å². The summed E-state index contributed by atoms with van der Waals surface area (Å²) < 4.78 is 33.8. The number of aromatic amines is 1. The molecule has 0 atom stereocenters. The Hall–Kier alpha value is -2.91. The highest BCUT2D eigenvalue weighted by Crippen LogP contribution is 2.18. The zero-order chi connectivity index (χ0) is 18.3. The minimum absolute atomic E-state index is 0.0750. The van der Waals surface area contributed by atoms with Crippen LogP contribution >= 0.6 is 0 Å². The molecule has 4 aromatic rings. The van der Waals surface area contributed by atoms with Crippen LogP contribution in [0.2, 0.25) is 0 Å². The van der Waals surface area contributed by atoms with Crippen molar-refractivity contribution in [3.05, 3.63) is 58.8 Å². The Morgan fingerprint density at radius 3 is 2.85 bits per heavy atom. The lowest BCUT2D eigenvalue weighted by Crippen LogP contribution is -2.26. The van der Waals surface area contributed by atoms with E-state index in [4.69, 9.17) is 4.42 Å². The van der Waals surface area contributed by atoms with Gasteiger partial charge in [-0.05, 0) is 30.3 Å². The Balaban J connectivity index is 1.51. The summed E-state index contributed by atoms with van der Waals surface area (Å²) in [7, 11) is -2.18. The van der Waals surface area contributed by atoms with Crippen LogP contribution in [-0.4, -0.2) is 29.5 Å². The van der Waals surface area contributed by atoms with Gasteiger partial charge in [-0.15, -0.1) is 0 Å². The number of H-pyrrole nitrogens is 1. The van der Waals surface area contributed by atoms with Crippen molar-refractivity contribution in [1.82, 2.24) is 19.3 Å². The minimum atomic E-state index is -3.71. The summed E-state index contributed by atoms with van der Waals surface area (Å²) >= 11 is 0. The molecule has 0 fully saturated rings. The highest BCUT2D eigenvalue weighted by molar-refractivity contribution is 7.89. The maximum atomic E-state index is 12.5. The van der Waals surface area contributed by atoms with Crippen LogP contribution in [0.4, 0.5) is 0 Å². The maximum Gasteiger partial charge on any atom is 0.419 e. The molecule has 0 amide bonds. The van der Waals surface area contributed by atoms with E-state index in [0.717, 1.165) is 11.0 Å². The monoisotopic (exact) mass is 372 g/mol. The number of aryl methyl sites for hydroxylation is 1. The van der Waals surface area contributed by atoms with Gasteiger partial charge in [0.1, 0.15) is 5.82 Å². The van der Waals surface area contributed by atoms with Crippen molar-refractivity contribution in [2.45, 2.75) is 11.3 Å². The predicted octanol–water partition coefficient (Wildman–Crippen LogP) is 1.53. The SMILES string of the molecule is Cn1c(=O)oc2ccc(S(=O)(=O)NCCc3nc4ccccc4[nH]3)cc21. The van der Waals surface area contributed by atoms with Gasteiger partial charge >= 0.3 is 5.76 Å². The van der Waals surface area contributed by atoms with E-state index in [2.05, 4.69) is 14.7 Å². The van der Waals surface area contributed by atoms with Gasteiger partial charge in [-0.2, -0.15) is 0 Å². The molecule has 0 spiro atoms. The smallest absolute Gasteiger partial charge is 0.408 e. The molecule has 8 nitrogen and oxygen atoms in total. The Morgan fingerprint density at radius 1 is 1.23 bits per heavy atom. The number of aromatic nitrogens is 3. The predicted molar refractivity (Wildman–Crippen MR) is 96.4 cm³/mol. The average molecular weight is 372 g/mol. The molecule has 2 heterocycles. The third-order valence-corrected chi connectivity index (χ3v) is 5.62. The van der Waals surface area contributed by atoms with E-state index < -0.39 is 15.8 Å². The van der Waals surface area contributed by atoms with Crippen LogP contribution in [0.3, 0.4) is 0 Å². The summed E-state index contributed by atoms with van der Waals surface area (Å²) in [6, 6.07) is 11.9. The molecule has 0 bridgehead atoms. The lowest BCUT2D eigenvalue weighted by Gasteiger charge is -2.06. The van der Waals surface area contributed by atoms with Crippen molar-refractivity contribution in [3.63, 3.8) is 0 Å². The molecule has 2 N–H and O–H groups in total. The van der Waals surface area contributed by atoms with Gasteiger partial charge in [0.2, 0.25) is 10.0 Å². The zero-order valence-corrected chi connectivity index (χ0v) is 14.7. The van der Waals surface area contributed by atoms with E-state index in [-0.39, 0.29) is 11.4 Å². The van der Waals surface area contributed by atoms with Crippen molar-refractivity contribution in [3.8, 4) is 0 Å². The second kappa shape index (κ2) is 6.11. The number of oxazole rings is 1. The van der Waals surface area contributed by atoms with Crippen LogP contribution in [0, 0.1) is 0 Å². The first-order valence-corrected chi connectivity index (χ1v) is 9.45. The largest absolute Gasteiger partial charge is 0.419 e. The van der Waals surface area contributed by atoms with Crippen molar-refractivity contribution < 1.29 is 12.8 Å². The lowest BCUT2D eigenvalue weighted by atomic mass is 10.3. The average Bonchev–Trinajstić information content (AvgIpc) is 3.15. The first-order chi connectivity index (χ1) is 12.4. The molecular formula is C17H16N4O4S. The van der Waals surface area contributed by atoms with Crippen molar-refractivity contribution in [2.75, 3.05) is 6.54 Å². The van der Waals surface area contributed by atoms with Crippen molar-refractivity contribution >= 4 is 32.2 Å². The second-order valence-corrected chi connectivity index (χ2v) is 7.67. The fraction of sp³-hybridized carbons (Fsp3) is 0.176. The normalized spacial score (nSPS) is 12.2. The standard InChI is InChI=1S/C17H16N4O4S/c1-21-14-10-11(6-7-15(14)25-17(21)22)26(23,24)18-9-8-16-19-12-4-2-3-5-13(12)20-16/h2-7,10,18H,8-9H2,1H3,(H,19,20). The van der Waals surface area contributed by atoms with Crippen LogP contribution < -0.4 is 10.5 Å². The highest BCUT2D eigenvalue weighted by Gasteiger charge is 2.16. The molecule has 0 aliphatic carbocycles. The second-order valence-electron chi connectivity index (χ2n) is 5.90. The molecule has 0 aliphatic heterocycles. The van der Waals surface area contributed by atoms with Gasteiger partial charge < -0.3 is 9.40 Å². The zero-order valence-electron chi connectivity index (χ0n) is 13.9. The third-order valence-electron chi connectivity index (χ3n) is 4.17. The van der Waals surface area contributed by atoms with E-state index in [0.29, 0.717) is 23.3 Å². The van der Waals surface area contributed by atoms with Crippen LogP contribution in [-0.2, 0) is 23.5 Å². The number of fused-ring (bicyclic) bond motifs is 2. The van der Waals surface area contributed by atoms with Crippen LogP contribution in [0.1, 0.15) is 5.82 Å².